The molecule has 0 aliphatic heterocycles. The van der Waals surface area contributed by atoms with Gasteiger partial charge in [0.1, 0.15) is 6.61 Å². The van der Waals surface area contributed by atoms with Crippen molar-refractivity contribution in [2.75, 3.05) is 5.32 Å². The van der Waals surface area contributed by atoms with Crippen LogP contribution < -0.4 is 11.1 Å². The van der Waals surface area contributed by atoms with Crippen LogP contribution in [-0.2, 0) is 20.9 Å². The van der Waals surface area contributed by atoms with Crippen molar-refractivity contribution in [2.45, 2.75) is 26.0 Å². The summed E-state index contributed by atoms with van der Waals surface area (Å²) in [4.78, 5) is 24.0. The van der Waals surface area contributed by atoms with Crippen LogP contribution in [0.3, 0.4) is 0 Å². The van der Waals surface area contributed by atoms with Crippen molar-refractivity contribution in [3.63, 3.8) is 0 Å². The third-order valence-corrected chi connectivity index (χ3v) is 4.66. The number of rotatable bonds is 6. The SMILES string of the molecule is Cc1c(I)cccc1NC(=O)[C@@H](N)CC(=O)OCc1ccccc1. The molecular formula is C18H19IN2O3. The van der Waals surface area contributed by atoms with E-state index in [2.05, 4.69) is 27.9 Å². The van der Waals surface area contributed by atoms with Crippen molar-refractivity contribution in [3.05, 3.63) is 63.2 Å². The van der Waals surface area contributed by atoms with Gasteiger partial charge in [-0.2, -0.15) is 0 Å². The highest BCUT2D eigenvalue weighted by atomic mass is 127. The fourth-order valence-electron chi connectivity index (χ4n) is 2.04. The van der Waals surface area contributed by atoms with Crippen LogP contribution >= 0.6 is 22.6 Å². The monoisotopic (exact) mass is 438 g/mol. The fourth-order valence-corrected chi connectivity index (χ4v) is 2.54. The minimum atomic E-state index is -0.953. The second kappa shape index (κ2) is 8.79. The predicted octanol–water partition coefficient (Wildman–Crippen LogP) is 3.00. The molecule has 3 N–H and O–H groups in total. The number of nitrogens with two attached hydrogens (primary N) is 1. The maximum atomic E-state index is 12.1. The van der Waals surface area contributed by atoms with Crippen molar-refractivity contribution < 1.29 is 14.3 Å². The molecule has 0 heterocycles. The van der Waals surface area contributed by atoms with Gasteiger partial charge in [0.05, 0.1) is 12.5 Å². The molecule has 0 saturated carbocycles. The topological polar surface area (TPSA) is 81.4 Å². The molecule has 0 bridgehead atoms. The maximum absolute atomic E-state index is 12.1. The number of halogens is 1. The van der Waals surface area contributed by atoms with Crippen LogP contribution in [0.4, 0.5) is 5.69 Å². The summed E-state index contributed by atoms with van der Waals surface area (Å²) in [5, 5.41) is 2.75. The minimum absolute atomic E-state index is 0.165. The molecule has 2 rings (SSSR count). The lowest BCUT2D eigenvalue weighted by molar-refractivity contribution is -0.146. The minimum Gasteiger partial charge on any atom is -0.461 e. The summed E-state index contributed by atoms with van der Waals surface area (Å²) in [5.41, 5.74) is 8.35. The lowest BCUT2D eigenvalue weighted by Gasteiger charge is -2.14. The molecule has 126 valence electrons. The molecule has 0 fully saturated rings. The van der Waals surface area contributed by atoms with E-state index in [1.807, 2.05) is 49.4 Å². The first-order chi connectivity index (χ1) is 11.5. The van der Waals surface area contributed by atoms with E-state index < -0.39 is 17.9 Å². The first-order valence-corrected chi connectivity index (χ1v) is 8.56. The van der Waals surface area contributed by atoms with E-state index in [1.165, 1.54) is 0 Å². The van der Waals surface area contributed by atoms with Crippen molar-refractivity contribution in [1.82, 2.24) is 0 Å². The molecule has 1 atom stereocenters. The Kier molecular flexibility index (Phi) is 6.74. The summed E-state index contributed by atoms with van der Waals surface area (Å²) in [6.45, 7) is 2.08. The van der Waals surface area contributed by atoms with E-state index in [4.69, 9.17) is 10.5 Å². The summed E-state index contributed by atoms with van der Waals surface area (Å²) < 4.78 is 6.18. The Morgan fingerprint density at radius 2 is 1.88 bits per heavy atom. The number of ether oxygens (including phenoxy) is 1. The molecule has 24 heavy (non-hydrogen) atoms. The number of benzene rings is 2. The van der Waals surface area contributed by atoms with Gasteiger partial charge >= 0.3 is 5.97 Å². The highest BCUT2D eigenvalue weighted by molar-refractivity contribution is 14.1. The zero-order chi connectivity index (χ0) is 17.5. The van der Waals surface area contributed by atoms with E-state index in [9.17, 15) is 9.59 Å². The van der Waals surface area contributed by atoms with Gasteiger partial charge in [-0.3, -0.25) is 9.59 Å². The number of anilines is 1. The van der Waals surface area contributed by atoms with E-state index in [0.717, 1.165) is 14.7 Å². The highest BCUT2D eigenvalue weighted by Crippen LogP contribution is 2.20. The van der Waals surface area contributed by atoms with E-state index >= 15 is 0 Å². The Balaban J connectivity index is 1.84. The number of carbonyl (C=O) groups is 2. The second-order valence-corrected chi connectivity index (χ2v) is 6.52. The third-order valence-electron chi connectivity index (χ3n) is 3.49. The van der Waals surface area contributed by atoms with Gasteiger partial charge in [0, 0.05) is 9.26 Å². The van der Waals surface area contributed by atoms with Crippen LogP contribution in [0.1, 0.15) is 17.5 Å². The molecule has 0 spiro atoms. The summed E-state index contributed by atoms with van der Waals surface area (Å²) in [6.07, 6.45) is -0.165. The van der Waals surface area contributed by atoms with Crippen molar-refractivity contribution in [1.29, 1.82) is 0 Å². The Hall–Kier alpha value is -1.93. The number of amides is 1. The summed E-state index contributed by atoms with van der Waals surface area (Å²) in [6, 6.07) is 14.0. The van der Waals surface area contributed by atoms with E-state index in [-0.39, 0.29) is 13.0 Å². The van der Waals surface area contributed by atoms with Crippen molar-refractivity contribution in [2.24, 2.45) is 5.73 Å². The molecule has 0 unspecified atom stereocenters. The zero-order valence-electron chi connectivity index (χ0n) is 13.3. The van der Waals surface area contributed by atoms with Crippen LogP contribution in [0, 0.1) is 10.5 Å². The molecule has 0 radical (unpaired) electrons. The second-order valence-electron chi connectivity index (χ2n) is 5.36. The molecule has 0 aliphatic rings. The predicted molar refractivity (Wildman–Crippen MR) is 101 cm³/mol. The molecule has 1 amide bonds. The van der Waals surface area contributed by atoms with Gasteiger partial charge in [-0.15, -0.1) is 0 Å². The smallest absolute Gasteiger partial charge is 0.308 e. The van der Waals surface area contributed by atoms with Gasteiger partial charge in [-0.05, 0) is 52.8 Å². The molecular weight excluding hydrogens is 419 g/mol. The normalized spacial score (nSPS) is 11.6. The lowest BCUT2D eigenvalue weighted by atomic mass is 10.1. The summed E-state index contributed by atoms with van der Waals surface area (Å²) in [7, 11) is 0. The van der Waals surface area contributed by atoms with Crippen molar-refractivity contribution >= 4 is 40.2 Å². The average molecular weight is 438 g/mol. The quantitative estimate of drug-likeness (QED) is 0.537. The van der Waals surface area contributed by atoms with Gasteiger partial charge in [-0.1, -0.05) is 36.4 Å². The molecule has 0 aromatic heterocycles. The molecule has 6 heteroatoms. The number of hydrogen-bond donors (Lipinski definition) is 2. The maximum Gasteiger partial charge on any atom is 0.308 e. The summed E-state index contributed by atoms with van der Waals surface area (Å²) >= 11 is 2.19. The molecule has 5 nitrogen and oxygen atoms in total. The van der Waals surface area contributed by atoms with E-state index in [1.54, 1.807) is 6.07 Å². The standard InChI is InChI=1S/C18H19IN2O3/c1-12-14(19)8-5-9-16(12)21-18(23)15(20)10-17(22)24-11-13-6-3-2-4-7-13/h2-9,15H,10-11,20H2,1H3,(H,21,23)/t15-/m0/s1. The Morgan fingerprint density at radius 3 is 2.58 bits per heavy atom. The molecule has 2 aromatic carbocycles. The Morgan fingerprint density at radius 1 is 1.17 bits per heavy atom. The van der Waals surface area contributed by atoms with Gasteiger partial charge in [0.25, 0.3) is 0 Å². The summed E-state index contributed by atoms with van der Waals surface area (Å²) in [5.74, 6) is -0.905. The van der Waals surface area contributed by atoms with Crippen LogP contribution in [0.2, 0.25) is 0 Å². The van der Waals surface area contributed by atoms with Gasteiger partial charge in [0.2, 0.25) is 5.91 Å². The van der Waals surface area contributed by atoms with Crippen LogP contribution in [0.25, 0.3) is 0 Å². The molecule has 0 saturated heterocycles. The van der Waals surface area contributed by atoms with Crippen LogP contribution in [0.15, 0.2) is 48.5 Å². The first kappa shape index (κ1) is 18.4. The number of carbonyl (C=O) groups excluding carboxylic acids is 2. The lowest BCUT2D eigenvalue weighted by Crippen LogP contribution is -2.38. The van der Waals surface area contributed by atoms with E-state index in [0.29, 0.717) is 5.69 Å². The van der Waals surface area contributed by atoms with Crippen LogP contribution in [0.5, 0.6) is 0 Å². The number of nitrogens with one attached hydrogen (secondary N) is 1. The average Bonchev–Trinajstić information content (AvgIpc) is 2.58. The first-order valence-electron chi connectivity index (χ1n) is 7.48. The Labute approximate surface area is 154 Å². The van der Waals surface area contributed by atoms with Gasteiger partial charge < -0.3 is 15.8 Å². The number of hydrogen-bond acceptors (Lipinski definition) is 4. The van der Waals surface area contributed by atoms with Crippen LogP contribution in [-0.4, -0.2) is 17.9 Å². The van der Waals surface area contributed by atoms with Gasteiger partial charge in [-0.25, -0.2) is 0 Å². The molecule has 2 aromatic rings. The van der Waals surface area contributed by atoms with Crippen molar-refractivity contribution in [3.8, 4) is 0 Å². The third kappa shape index (κ3) is 5.31. The molecule has 0 aliphatic carbocycles. The fraction of sp³-hybridized carbons (Fsp3) is 0.222. The number of esters is 1. The van der Waals surface area contributed by atoms with Gasteiger partial charge in [0.15, 0.2) is 0 Å². The zero-order valence-corrected chi connectivity index (χ0v) is 15.4. The largest absolute Gasteiger partial charge is 0.461 e. The Bertz CT molecular complexity index is 719. The highest BCUT2D eigenvalue weighted by Gasteiger charge is 2.19.